The average molecular weight is 247 g/mol. The van der Waals surface area contributed by atoms with Crippen LogP contribution in [0.4, 0.5) is 0 Å². The smallest absolute Gasteiger partial charge is 0.101 e. The minimum atomic E-state index is -0.117. The molecule has 2 rings (SSSR count). The lowest BCUT2D eigenvalue weighted by Gasteiger charge is -2.23. The van der Waals surface area contributed by atoms with Gasteiger partial charge in [-0.3, -0.25) is 0 Å². The van der Waals surface area contributed by atoms with Gasteiger partial charge in [0, 0.05) is 12.0 Å². The molecule has 2 nitrogen and oxygen atoms in total. The molecule has 0 saturated heterocycles. The van der Waals surface area contributed by atoms with Crippen molar-refractivity contribution in [1.82, 2.24) is 0 Å². The topological polar surface area (TPSA) is 35.2 Å². The van der Waals surface area contributed by atoms with Crippen LogP contribution in [0, 0.1) is 6.92 Å². The molecule has 1 aromatic carbocycles. The lowest BCUT2D eigenvalue weighted by atomic mass is 9.97. The van der Waals surface area contributed by atoms with Crippen LogP contribution < -0.4 is 5.73 Å². The first-order valence-electron chi connectivity index (χ1n) is 5.61. The van der Waals surface area contributed by atoms with E-state index in [1.807, 2.05) is 18.2 Å². The van der Waals surface area contributed by atoms with E-state index < -0.39 is 0 Å². The van der Waals surface area contributed by atoms with Crippen molar-refractivity contribution in [3.63, 3.8) is 0 Å². The Labute approximate surface area is 106 Å². The normalized spacial score (nSPS) is 14.5. The molecule has 0 amide bonds. The number of benzene rings is 1. The van der Waals surface area contributed by atoms with E-state index >= 15 is 0 Å². The maximum Gasteiger partial charge on any atom is 0.101 e. The Bertz CT molecular complexity index is 466. The average Bonchev–Trinajstić information content (AvgIpc) is 2.77. The fourth-order valence-electron chi connectivity index (χ4n) is 2.04. The first-order valence-corrected chi connectivity index (χ1v) is 6.49. The van der Waals surface area contributed by atoms with E-state index in [9.17, 15) is 0 Å². The second-order valence-electron chi connectivity index (χ2n) is 4.02. The van der Waals surface area contributed by atoms with E-state index in [0.29, 0.717) is 0 Å². The van der Waals surface area contributed by atoms with Gasteiger partial charge in [-0.2, -0.15) is 0 Å². The molecular formula is C14H17NOS. The fraction of sp³-hybridized carbons (Fsp3) is 0.286. The molecule has 90 valence electrons. The van der Waals surface area contributed by atoms with Crippen molar-refractivity contribution in [2.45, 2.75) is 19.1 Å². The highest BCUT2D eigenvalue weighted by molar-refractivity contribution is 7.10. The Morgan fingerprint density at radius 2 is 1.88 bits per heavy atom. The van der Waals surface area contributed by atoms with Crippen molar-refractivity contribution >= 4 is 11.3 Å². The summed E-state index contributed by atoms with van der Waals surface area (Å²) in [5.74, 6) is 0. The first-order chi connectivity index (χ1) is 8.24. The molecule has 0 saturated carbocycles. The maximum atomic E-state index is 6.31. The number of hydrogen-bond acceptors (Lipinski definition) is 3. The van der Waals surface area contributed by atoms with Crippen LogP contribution in [0.5, 0.6) is 0 Å². The molecular weight excluding hydrogens is 230 g/mol. The molecule has 17 heavy (non-hydrogen) atoms. The van der Waals surface area contributed by atoms with Crippen LogP contribution in [0.3, 0.4) is 0 Å². The molecule has 2 aromatic rings. The summed E-state index contributed by atoms with van der Waals surface area (Å²) in [6, 6.07) is 12.1. The van der Waals surface area contributed by atoms with E-state index in [-0.39, 0.29) is 12.1 Å². The predicted octanol–water partition coefficient (Wildman–Crippen LogP) is 3.44. The highest BCUT2D eigenvalue weighted by atomic mass is 32.1. The summed E-state index contributed by atoms with van der Waals surface area (Å²) >= 11 is 1.72. The molecule has 0 spiro atoms. The molecule has 3 heteroatoms. The van der Waals surface area contributed by atoms with Crippen LogP contribution in [0.15, 0.2) is 41.8 Å². The van der Waals surface area contributed by atoms with Gasteiger partial charge in [0.25, 0.3) is 0 Å². The minimum absolute atomic E-state index is 0.0931. The predicted molar refractivity (Wildman–Crippen MR) is 72.2 cm³/mol. The largest absolute Gasteiger partial charge is 0.375 e. The lowest BCUT2D eigenvalue weighted by molar-refractivity contribution is 0.0801. The Morgan fingerprint density at radius 3 is 2.41 bits per heavy atom. The van der Waals surface area contributed by atoms with Gasteiger partial charge in [0.1, 0.15) is 6.10 Å². The van der Waals surface area contributed by atoms with Crippen molar-refractivity contribution in [2.75, 3.05) is 7.11 Å². The molecule has 1 heterocycles. The van der Waals surface area contributed by atoms with Crippen molar-refractivity contribution < 1.29 is 4.74 Å². The number of hydrogen-bond donors (Lipinski definition) is 1. The quantitative estimate of drug-likeness (QED) is 0.898. The van der Waals surface area contributed by atoms with E-state index in [1.165, 1.54) is 10.4 Å². The molecule has 0 fully saturated rings. The van der Waals surface area contributed by atoms with Gasteiger partial charge in [-0.1, -0.05) is 30.3 Å². The molecule has 0 aliphatic carbocycles. The molecule has 0 radical (unpaired) electrons. The molecule has 2 atom stereocenters. The van der Waals surface area contributed by atoms with Gasteiger partial charge in [-0.05, 0) is 29.5 Å². The van der Waals surface area contributed by atoms with Crippen LogP contribution in [0.2, 0.25) is 0 Å². The van der Waals surface area contributed by atoms with Crippen LogP contribution in [0.25, 0.3) is 0 Å². The highest BCUT2D eigenvalue weighted by Crippen LogP contribution is 2.32. The van der Waals surface area contributed by atoms with E-state index in [0.717, 1.165) is 5.56 Å². The van der Waals surface area contributed by atoms with Crippen LogP contribution in [0.1, 0.15) is 28.1 Å². The molecule has 2 N–H and O–H groups in total. The second kappa shape index (κ2) is 5.45. The number of nitrogens with two attached hydrogens (primary N) is 1. The van der Waals surface area contributed by atoms with Gasteiger partial charge < -0.3 is 10.5 Å². The third-order valence-electron chi connectivity index (χ3n) is 2.97. The summed E-state index contributed by atoms with van der Waals surface area (Å²) in [4.78, 5) is 1.26. The van der Waals surface area contributed by atoms with Gasteiger partial charge in [0.05, 0.1) is 6.04 Å². The monoisotopic (exact) mass is 247 g/mol. The Hall–Kier alpha value is -1.16. The summed E-state index contributed by atoms with van der Waals surface area (Å²) in [5.41, 5.74) is 8.60. The molecule has 2 unspecified atom stereocenters. The summed E-state index contributed by atoms with van der Waals surface area (Å²) in [6.45, 7) is 2.09. The van der Waals surface area contributed by atoms with E-state index in [2.05, 4.69) is 30.5 Å². The Balaban J connectivity index is 2.28. The van der Waals surface area contributed by atoms with E-state index in [4.69, 9.17) is 10.5 Å². The minimum Gasteiger partial charge on any atom is -0.375 e. The van der Waals surface area contributed by atoms with Gasteiger partial charge in [-0.15, -0.1) is 11.3 Å². The summed E-state index contributed by atoms with van der Waals surface area (Å²) < 4.78 is 5.56. The third-order valence-corrected chi connectivity index (χ3v) is 3.83. The van der Waals surface area contributed by atoms with E-state index in [1.54, 1.807) is 18.4 Å². The van der Waals surface area contributed by atoms with Crippen molar-refractivity contribution in [3.8, 4) is 0 Å². The zero-order valence-electron chi connectivity index (χ0n) is 10.1. The number of ether oxygens (including phenoxy) is 1. The van der Waals surface area contributed by atoms with Crippen LogP contribution in [-0.4, -0.2) is 7.11 Å². The highest BCUT2D eigenvalue weighted by Gasteiger charge is 2.22. The number of aryl methyl sites for hydroxylation is 1. The number of thiophene rings is 1. The molecule has 0 aliphatic heterocycles. The van der Waals surface area contributed by atoms with Gasteiger partial charge >= 0.3 is 0 Å². The Kier molecular flexibility index (Phi) is 3.94. The lowest BCUT2D eigenvalue weighted by Crippen LogP contribution is -2.21. The van der Waals surface area contributed by atoms with Crippen LogP contribution in [-0.2, 0) is 4.74 Å². The summed E-state index contributed by atoms with van der Waals surface area (Å²) in [6.07, 6.45) is -0.0931. The van der Waals surface area contributed by atoms with Crippen molar-refractivity contribution in [1.29, 1.82) is 0 Å². The summed E-state index contributed by atoms with van der Waals surface area (Å²) in [5, 5.41) is 2.07. The fourth-order valence-corrected chi connectivity index (χ4v) is 2.80. The Morgan fingerprint density at radius 1 is 1.18 bits per heavy atom. The SMILES string of the molecule is COC(c1ccccc1)C(N)c1ccsc1C. The zero-order chi connectivity index (χ0) is 12.3. The van der Waals surface area contributed by atoms with Gasteiger partial charge in [0.15, 0.2) is 0 Å². The van der Waals surface area contributed by atoms with Gasteiger partial charge in [0.2, 0.25) is 0 Å². The van der Waals surface area contributed by atoms with Crippen molar-refractivity contribution in [2.24, 2.45) is 5.73 Å². The first kappa shape index (κ1) is 12.3. The number of methoxy groups -OCH3 is 1. The molecule has 0 aliphatic rings. The molecule has 0 bridgehead atoms. The number of rotatable bonds is 4. The molecule has 1 aromatic heterocycles. The second-order valence-corrected chi connectivity index (χ2v) is 5.15. The summed E-state index contributed by atoms with van der Waals surface area (Å²) in [7, 11) is 1.71. The van der Waals surface area contributed by atoms with Gasteiger partial charge in [-0.25, -0.2) is 0 Å². The third kappa shape index (κ3) is 2.57. The standard InChI is InChI=1S/C14H17NOS/c1-10-12(8-9-17-10)13(15)14(16-2)11-6-4-3-5-7-11/h3-9,13-14H,15H2,1-2H3. The maximum absolute atomic E-state index is 6.31. The van der Waals surface area contributed by atoms with Crippen LogP contribution >= 0.6 is 11.3 Å². The zero-order valence-corrected chi connectivity index (χ0v) is 10.9. The van der Waals surface area contributed by atoms with Crippen molar-refractivity contribution in [3.05, 3.63) is 57.8 Å².